The Morgan fingerprint density at radius 3 is 2.39 bits per heavy atom. The van der Waals surface area contributed by atoms with E-state index in [9.17, 15) is 30.2 Å². The summed E-state index contributed by atoms with van der Waals surface area (Å²) in [4.78, 5) is 29.5. The monoisotopic (exact) mass is 400 g/mol. The maximum Gasteiger partial charge on any atom is 0.340 e. The number of fused-ring (bicyclic) bond motifs is 1. The summed E-state index contributed by atoms with van der Waals surface area (Å²) in [7, 11) is 0. The van der Waals surface area contributed by atoms with Gasteiger partial charge in [-0.05, 0) is 52.9 Å². The maximum atomic E-state index is 12.6. The largest absolute Gasteiger partial charge is 0.457 e. The van der Waals surface area contributed by atoms with Gasteiger partial charge in [0, 0.05) is 17.9 Å². The highest BCUT2D eigenvalue weighted by atomic mass is 17.1. The fraction of sp³-hybridized carbons (Fsp3) is 0.800. The van der Waals surface area contributed by atoms with Gasteiger partial charge in [0.05, 0.1) is 6.10 Å². The van der Waals surface area contributed by atoms with Crippen LogP contribution in [0.5, 0.6) is 0 Å². The number of ether oxygens (including phenoxy) is 1. The first kappa shape index (κ1) is 23.0. The van der Waals surface area contributed by atoms with Crippen LogP contribution in [-0.4, -0.2) is 61.3 Å². The molecule has 2 aliphatic rings. The van der Waals surface area contributed by atoms with Crippen LogP contribution in [-0.2, 0) is 19.2 Å². The second-order valence-corrected chi connectivity index (χ2v) is 9.40. The van der Waals surface area contributed by atoms with Crippen molar-refractivity contribution in [1.82, 2.24) is 0 Å². The molecule has 0 aromatic heterocycles. The summed E-state index contributed by atoms with van der Waals surface area (Å²) in [5, 5.41) is 40.3. The Kier molecular flexibility index (Phi) is 5.89. The van der Waals surface area contributed by atoms with Crippen LogP contribution in [0.1, 0.15) is 60.8 Å². The van der Waals surface area contributed by atoms with E-state index < -0.39 is 46.3 Å². The van der Waals surface area contributed by atoms with Gasteiger partial charge >= 0.3 is 5.97 Å². The van der Waals surface area contributed by atoms with Gasteiger partial charge in [0.2, 0.25) is 0 Å². The SMILES string of the molecule is C[C@H](O)[C@@](C)(O)C(=O)O[C@H]1CC[C@@]2(C)CC(=O)C(C(C)(C)OO)=C[C@H]2[C@@]1(C)O. The quantitative estimate of drug-likeness (QED) is 0.309. The van der Waals surface area contributed by atoms with Crippen molar-refractivity contribution in [3.63, 3.8) is 0 Å². The first-order chi connectivity index (χ1) is 12.6. The van der Waals surface area contributed by atoms with E-state index in [4.69, 9.17) is 4.74 Å². The van der Waals surface area contributed by atoms with Gasteiger partial charge in [0.1, 0.15) is 17.3 Å². The van der Waals surface area contributed by atoms with Crippen LogP contribution < -0.4 is 0 Å². The second kappa shape index (κ2) is 7.18. The van der Waals surface area contributed by atoms with Gasteiger partial charge < -0.3 is 20.1 Å². The molecule has 0 unspecified atom stereocenters. The first-order valence-electron chi connectivity index (χ1n) is 9.51. The molecule has 1 saturated carbocycles. The molecule has 0 heterocycles. The summed E-state index contributed by atoms with van der Waals surface area (Å²) in [6, 6.07) is 0. The Morgan fingerprint density at radius 1 is 1.32 bits per heavy atom. The number of aliphatic hydroxyl groups is 3. The summed E-state index contributed by atoms with van der Waals surface area (Å²) in [6.45, 7) is 8.95. The Bertz CT molecular complexity index is 676. The Hall–Kier alpha value is -1.32. The van der Waals surface area contributed by atoms with Crippen molar-refractivity contribution in [2.75, 3.05) is 0 Å². The lowest BCUT2D eigenvalue weighted by Gasteiger charge is -2.54. The number of carbonyl (C=O) groups is 2. The highest BCUT2D eigenvalue weighted by molar-refractivity contribution is 5.98. The molecular formula is C20H32O8. The summed E-state index contributed by atoms with van der Waals surface area (Å²) in [5.74, 6) is -1.74. The van der Waals surface area contributed by atoms with Crippen molar-refractivity contribution in [3.05, 3.63) is 11.6 Å². The topological polar surface area (TPSA) is 134 Å². The van der Waals surface area contributed by atoms with Crippen molar-refractivity contribution in [3.8, 4) is 0 Å². The van der Waals surface area contributed by atoms with Crippen molar-refractivity contribution in [2.45, 2.75) is 89.8 Å². The van der Waals surface area contributed by atoms with E-state index >= 15 is 0 Å². The van der Waals surface area contributed by atoms with Gasteiger partial charge in [0.15, 0.2) is 11.4 Å². The number of aliphatic hydroxyl groups excluding tert-OH is 1. The summed E-state index contributed by atoms with van der Waals surface area (Å²) < 4.78 is 5.41. The van der Waals surface area contributed by atoms with Gasteiger partial charge in [-0.25, -0.2) is 9.68 Å². The molecule has 0 aliphatic heterocycles. The predicted octanol–water partition coefficient (Wildman–Crippen LogP) is 1.36. The second-order valence-electron chi connectivity index (χ2n) is 9.40. The van der Waals surface area contributed by atoms with Crippen molar-refractivity contribution in [1.29, 1.82) is 0 Å². The smallest absolute Gasteiger partial charge is 0.340 e. The summed E-state index contributed by atoms with van der Waals surface area (Å²) in [6.07, 6.45) is 0.302. The van der Waals surface area contributed by atoms with Crippen LogP contribution in [0.4, 0.5) is 0 Å². The van der Waals surface area contributed by atoms with Gasteiger partial charge in [-0.15, -0.1) is 0 Å². The fourth-order valence-corrected chi connectivity index (χ4v) is 4.29. The van der Waals surface area contributed by atoms with E-state index in [2.05, 4.69) is 4.89 Å². The Labute approximate surface area is 165 Å². The maximum absolute atomic E-state index is 12.6. The average Bonchev–Trinajstić information content (AvgIpc) is 2.56. The zero-order chi connectivity index (χ0) is 21.7. The molecule has 0 saturated heterocycles. The molecule has 2 rings (SSSR count). The number of hydrogen-bond acceptors (Lipinski definition) is 8. The van der Waals surface area contributed by atoms with Gasteiger partial charge in [-0.1, -0.05) is 13.0 Å². The lowest BCUT2D eigenvalue weighted by molar-refractivity contribution is -0.300. The van der Waals surface area contributed by atoms with E-state index in [1.807, 2.05) is 6.92 Å². The molecule has 1 fully saturated rings. The third-order valence-corrected chi connectivity index (χ3v) is 6.56. The van der Waals surface area contributed by atoms with Crippen molar-refractivity contribution in [2.24, 2.45) is 11.3 Å². The minimum absolute atomic E-state index is 0.165. The van der Waals surface area contributed by atoms with Crippen molar-refractivity contribution >= 4 is 11.8 Å². The number of rotatable bonds is 5. The Balaban J connectivity index is 2.39. The number of Topliss-reactive ketones (excluding diaryl/α,β-unsaturated/α-hetero) is 1. The molecule has 0 aromatic rings. The minimum Gasteiger partial charge on any atom is -0.457 e. The van der Waals surface area contributed by atoms with E-state index in [1.165, 1.54) is 13.8 Å². The van der Waals surface area contributed by atoms with Crippen LogP contribution in [0, 0.1) is 11.3 Å². The molecule has 0 bridgehead atoms. The molecule has 2 aliphatic carbocycles. The van der Waals surface area contributed by atoms with Crippen molar-refractivity contribution < 1.29 is 39.8 Å². The van der Waals surface area contributed by atoms with E-state index in [0.29, 0.717) is 12.8 Å². The van der Waals surface area contributed by atoms with Crippen LogP contribution in [0.25, 0.3) is 0 Å². The van der Waals surface area contributed by atoms with Crippen LogP contribution in [0.3, 0.4) is 0 Å². The molecule has 6 atom stereocenters. The van der Waals surface area contributed by atoms with Crippen LogP contribution in [0.15, 0.2) is 11.6 Å². The number of hydrogen-bond donors (Lipinski definition) is 4. The fourth-order valence-electron chi connectivity index (χ4n) is 4.29. The van der Waals surface area contributed by atoms with E-state index in [1.54, 1.807) is 19.9 Å². The predicted molar refractivity (Wildman–Crippen MR) is 99.1 cm³/mol. The molecule has 8 nitrogen and oxygen atoms in total. The highest BCUT2D eigenvalue weighted by Gasteiger charge is 2.58. The number of carbonyl (C=O) groups excluding carboxylic acids is 2. The van der Waals surface area contributed by atoms with Crippen LogP contribution >= 0.6 is 0 Å². The first-order valence-corrected chi connectivity index (χ1v) is 9.51. The zero-order valence-corrected chi connectivity index (χ0v) is 17.4. The molecular weight excluding hydrogens is 368 g/mol. The van der Waals surface area contributed by atoms with Gasteiger partial charge in [-0.2, -0.15) is 0 Å². The molecule has 28 heavy (non-hydrogen) atoms. The number of esters is 1. The standard InChI is InChI=1S/C20H32O8/c1-11(21)19(5,24)16(23)27-15-7-8-18(4)10-13(22)12(17(2,3)28-26)9-14(18)20(15,6)25/h9,11,14-15,21,24-26H,7-8,10H2,1-6H3/t11-,14+,15-,18-,19+,20+/m0/s1. The van der Waals surface area contributed by atoms with Gasteiger partial charge in [-0.3, -0.25) is 10.1 Å². The zero-order valence-electron chi connectivity index (χ0n) is 17.4. The molecule has 0 aromatic carbocycles. The minimum atomic E-state index is -2.10. The highest BCUT2D eigenvalue weighted by Crippen LogP contribution is 2.54. The normalized spacial score (nSPS) is 36.8. The summed E-state index contributed by atoms with van der Waals surface area (Å²) >= 11 is 0. The molecule has 0 amide bonds. The average molecular weight is 400 g/mol. The lowest BCUT2D eigenvalue weighted by atomic mass is 9.54. The Morgan fingerprint density at radius 2 is 1.89 bits per heavy atom. The molecule has 0 spiro atoms. The molecule has 0 radical (unpaired) electrons. The summed E-state index contributed by atoms with van der Waals surface area (Å²) in [5.41, 5.74) is -5.18. The van der Waals surface area contributed by atoms with E-state index in [0.717, 1.165) is 6.92 Å². The van der Waals surface area contributed by atoms with Crippen LogP contribution in [0.2, 0.25) is 0 Å². The third kappa shape index (κ3) is 3.76. The molecule has 8 heteroatoms. The molecule has 4 N–H and O–H groups in total. The lowest BCUT2D eigenvalue weighted by Crippen LogP contribution is -2.60. The van der Waals surface area contributed by atoms with Gasteiger partial charge in [0.25, 0.3) is 0 Å². The number of ketones is 1. The van der Waals surface area contributed by atoms with E-state index in [-0.39, 0.29) is 17.8 Å². The molecule has 160 valence electrons. The third-order valence-electron chi connectivity index (χ3n) is 6.56.